The molecule has 3 aromatic carbocycles. The zero-order valence-electron chi connectivity index (χ0n) is 17.6. The van der Waals surface area contributed by atoms with Crippen molar-refractivity contribution in [2.75, 3.05) is 12.0 Å². The van der Waals surface area contributed by atoms with Gasteiger partial charge in [-0.2, -0.15) is 13.2 Å². The zero-order valence-corrected chi connectivity index (χ0v) is 17.6. The molecule has 9 heteroatoms. The number of halogens is 4. The first-order valence-electron chi connectivity index (χ1n) is 10.00. The van der Waals surface area contributed by atoms with Crippen LogP contribution in [0.25, 0.3) is 5.76 Å². The van der Waals surface area contributed by atoms with Crippen LogP contribution in [-0.2, 0) is 15.8 Å². The first-order chi connectivity index (χ1) is 16.1. The molecule has 0 bridgehead atoms. The summed E-state index contributed by atoms with van der Waals surface area (Å²) >= 11 is 0. The molecule has 0 saturated carbocycles. The maximum Gasteiger partial charge on any atom is 0.416 e. The van der Waals surface area contributed by atoms with Gasteiger partial charge >= 0.3 is 6.18 Å². The number of Topliss-reactive ketones (excluding diaryl/α,β-unsaturated/α-hetero) is 1. The second-order valence-corrected chi connectivity index (χ2v) is 7.50. The summed E-state index contributed by atoms with van der Waals surface area (Å²) in [4.78, 5) is 26.9. The lowest BCUT2D eigenvalue weighted by atomic mass is 9.95. The fraction of sp³-hybridized carbons (Fsp3) is 0.120. The number of methoxy groups -OCH3 is 1. The van der Waals surface area contributed by atoms with Gasteiger partial charge in [-0.05, 0) is 60.2 Å². The largest absolute Gasteiger partial charge is 0.507 e. The second-order valence-electron chi connectivity index (χ2n) is 7.50. The molecule has 0 radical (unpaired) electrons. The summed E-state index contributed by atoms with van der Waals surface area (Å²) in [6.45, 7) is 0. The van der Waals surface area contributed by atoms with Gasteiger partial charge in [-0.15, -0.1) is 0 Å². The van der Waals surface area contributed by atoms with E-state index < -0.39 is 41.0 Å². The monoisotopic (exact) mass is 471 g/mol. The number of nitrogens with zero attached hydrogens (tertiary/aromatic N) is 1. The van der Waals surface area contributed by atoms with Crippen LogP contribution in [0.2, 0.25) is 0 Å². The van der Waals surface area contributed by atoms with E-state index in [-0.39, 0.29) is 22.4 Å². The number of anilines is 1. The average Bonchev–Trinajstić information content (AvgIpc) is 3.09. The van der Waals surface area contributed by atoms with Crippen LogP contribution in [0.1, 0.15) is 22.7 Å². The van der Waals surface area contributed by atoms with Gasteiger partial charge in [0, 0.05) is 11.3 Å². The van der Waals surface area contributed by atoms with Gasteiger partial charge in [0.1, 0.15) is 17.3 Å². The first kappa shape index (κ1) is 23.0. The Balaban J connectivity index is 1.92. The van der Waals surface area contributed by atoms with Crippen molar-refractivity contribution in [3.8, 4) is 5.75 Å². The minimum Gasteiger partial charge on any atom is -0.507 e. The maximum absolute atomic E-state index is 13.6. The van der Waals surface area contributed by atoms with E-state index in [2.05, 4.69) is 0 Å². The summed E-state index contributed by atoms with van der Waals surface area (Å²) in [6, 6.07) is 13.4. The van der Waals surface area contributed by atoms with E-state index in [4.69, 9.17) is 4.74 Å². The normalized spacial score (nSPS) is 17.8. The van der Waals surface area contributed by atoms with Crippen molar-refractivity contribution in [3.63, 3.8) is 0 Å². The standard InChI is InChI=1S/C25H17F4NO4/c1-34-19-11-7-15(8-12-19)22(31)20-21(14-5-9-17(26)10-6-14)30(24(33)23(20)32)18-4-2-3-16(13-18)25(27,28)29/h2-13,21,31H,1H3/b22-20+/t21-/m1/s1. The molecule has 1 saturated heterocycles. The summed E-state index contributed by atoms with van der Waals surface area (Å²) in [5, 5.41) is 11.0. The van der Waals surface area contributed by atoms with Crippen molar-refractivity contribution in [1.82, 2.24) is 0 Å². The van der Waals surface area contributed by atoms with Crippen LogP contribution in [-0.4, -0.2) is 23.9 Å². The van der Waals surface area contributed by atoms with Crippen LogP contribution in [0.3, 0.4) is 0 Å². The molecule has 1 heterocycles. The highest BCUT2D eigenvalue weighted by molar-refractivity contribution is 6.51. The number of carbonyl (C=O) groups is 2. The minimum atomic E-state index is -4.68. The van der Waals surface area contributed by atoms with Crippen LogP contribution >= 0.6 is 0 Å². The Morgan fingerprint density at radius 3 is 2.21 bits per heavy atom. The minimum absolute atomic E-state index is 0.190. The van der Waals surface area contributed by atoms with E-state index >= 15 is 0 Å². The number of amides is 1. The Bertz CT molecular complexity index is 1280. The Hall–Kier alpha value is -4.14. The van der Waals surface area contributed by atoms with E-state index in [0.717, 1.165) is 35.2 Å². The van der Waals surface area contributed by atoms with Gasteiger partial charge in [-0.3, -0.25) is 14.5 Å². The summed E-state index contributed by atoms with van der Waals surface area (Å²) in [5.74, 6) is -2.83. The van der Waals surface area contributed by atoms with E-state index in [1.165, 1.54) is 49.6 Å². The third kappa shape index (κ3) is 4.12. The molecule has 0 unspecified atom stereocenters. The number of ether oxygens (including phenoxy) is 1. The molecule has 3 aromatic rings. The van der Waals surface area contributed by atoms with Crippen LogP contribution in [0.4, 0.5) is 23.2 Å². The van der Waals surface area contributed by atoms with Gasteiger partial charge in [0.25, 0.3) is 11.7 Å². The third-order valence-corrected chi connectivity index (χ3v) is 5.45. The number of hydrogen-bond acceptors (Lipinski definition) is 4. The average molecular weight is 471 g/mol. The van der Waals surface area contributed by atoms with Crippen LogP contribution in [0, 0.1) is 5.82 Å². The van der Waals surface area contributed by atoms with Crippen molar-refractivity contribution >= 4 is 23.1 Å². The number of ketones is 1. The summed E-state index contributed by atoms with van der Waals surface area (Å²) in [5.41, 5.74) is -1.12. The Morgan fingerprint density at radius 1 is 0.971 bits per heavy atom. The van der Waals surface area contributed by atoms with Gasteiger partial charge < -0.3 is 9.84 Å². The summed E-state index contributed by atoms with van der Waals surface area (Å²) in [6.07, 6.45) is -4.68. The highest BCUT2D eigenvalue weighted by Crippen LogP contribution is 2.43. The molecule has 1 fully saturated rings. The number of rotatable bonds is 4. The van der Waals surface area contributed by atoms with Gasteiger partial charge in [0.05, 0.1) is 24.3 Å². The van der Waals surface area contributed by atoms with Crippen LogP contribution in [0.5, 0.6) is 5.75 Å². The number of benzene rings is 3. The van der Waals surface area contributed by atoms with Gasteiger partial charge in [-0.1, -0.05) is 18.2 Å². The van der Waals surface area contributed by atoms with Gasteiger partial charge in [0.2, 0.25) is 0 Å². The maximum atomic E-state index is 13.6. The summed E-state index contributed by atoms with van der Waals surface area (Å²) in [7, 11) is 1.45. The number of aliphatic hydroxyl groups is 1. The van der Waals surface area contributed by atoms with Crippen molar-refractivity contribution in [1.29, 1.82) is 0 Å². The fourth-order valence-electron chi connectivity index (χ4n) is 3.80. The van der Waals surface area contributed by atoms with Crippen LogP contribution < -0.4 is 9.64 Å². The molecular weight excluding hydrogens is 454 g/mol. The van der Waals surface area contributed by atoms with Crippen molar-refractivity contribution in [2.24, 2.45) is 0 Å². The highest BCUT2D eigenvalue weighted by Gasteiger charge is 2.47. The van der Waals surface area contributed by atoms with Crippen LogP contribution in [0.15, 0.2) is 78.4 Å². The molecule has 1 N–H and O–H groups in total. The second kappa shape index (κ2) is 8.66. The lowest BCUT2D eigenvalue weighted by Crippen LogP contribution is -2.29. The molecule has 0 aromatic heterocycles. The predicted molar refractivity (Wildman–Crippen MR) is 116 cm³/mol. The summed E-state index contributed by atoms with van der Waals surface area (Å²) < 4.78 is 58.6. The Morgan fingerprint density at radius 2 is 1.62 bits per heavy atom. The molecule has 4 rings (SSSR count). The molecule has 0 aliphatic carbocycles. The Kier molecular flexibility index (Phi) is 5.87. The molecule has 1 atom stereocenters. The SMILES string of the molecule is COc1ccc(/C(O)=C2\C(=O)C(=O)N(c3cccc(C(F)(F)F)c3)[C@@H]2c2ccc(F)cc2)cc1. The molecule has 34 heavy (non-hydrogen) atoms. The van der Waals surface area contributed by atoms with E-state index in [1.54, 1.807) is 0 Å². The van der Waals surface area contributed by atoms with E-state index in [0.29, 0.717) is 5.75 Å². The van der Waals surface area contributed by atoms with Gasteiger partial charge in [-0.25, -0.2) is 4.39 Å². The molecular formula is C25H17F4NO4. The van der Waals surface area contributed by atoms with Gasteiger partial charge in [0.15, 0.2) is 0 Å². The molecule has 5 nitrogen and oxygen atoms in total. The Labute approximate surface area is 191 Å². The first-order valence-corrected chi connectivity index (χ1v) is 10.00. The molecule has 1 amide bonds. The smallest absolute Gasteiger partial charge is 0.416 e. The number of aliphatic hydroxyl groups excluding tert-OH is 1. The molecule has 1 aliphatic rings. The number of hydrogen-bond donors (Lipinski definition) is 1. The van der Waals surface area contributed by atoms with Crippen molar-refractivity contribution in [2.45, 2.75) is 12.2 Å². The van der Waals surface area contributed by atoms with E-state index in [1.807, 2.05) is 0 Å². The lowest BCUT2D eigenvalue weighted by molar-refractivity contribution is -0.137. The number of carbonyl (C=O) groups excluding carboxylic acids is 2. The quantitative estimate of drug-likeness (QED) is 0.237. The third-order valence-electron chi connectivity index (χ3n) is 5.45. The predicted octanol–water partition coefficient (Wildman–Crippen LogP) is 5.48. The van der Waals surface area contributed by atoms with E-state index in [9.17, 15) is 32.3 Å². The highest BCUT2D eigenvalue weighted by atomic mass is 19.4. The topological polar surface area (TPSA) is 66.8 Å². The zero-order chi connectivity index (χ0) is 24.6. The van der Waals surface area contributed by atoms with Crippen molar-refractivity contribution < 1.29 is 37.0 Å². The fourth-order valence-corrected chi connectivity index (χ4v) is 3.80. The lowest BCUT2D eigenvalue weighted by Gasteiger charge is -2.26. The molecule has 1 aliphatic heterocycles. The number of alkyl halides is 3. The van der Waals surface area contributed by atoms with Crippen molar-refractivity contribution in [3.05, 3.63) is 101 Å². The molecule has 0 spiro atoms. The molecule has 174 valence electrons.